The third-order valence-electron chi connectivity index (χ3n) is 2.31. The van der Waals surface area contributed by atoms with Crippen LogP contribution in [0.3, 0.4) is 0 Å². The largest absolute Gasteiger partial charge is 0.485 e. The van der Waals surface area contributed by atoms with Gasteiger partial charge in [0.15, 0.2) is 4.88 Å². The Morgan fingerprint density at radius 3 is 3.06 bits per heavy atom. The number of aromatic nitrogens is 1. The first-order valence-electron chi connectivity index (χ1n) is 5.02. The molecule has 1 N–H and O–H groups in total. The van der Waals surface area contributed by atoms with Crippen LogP contribution >= 0.6 is 11.3 Å². The van der Waals surface area contributed by atoms with Crippen molar-refractivity contribution >= 4 is 17.3 Å². The number of hydrogen-bond donors (Lipinski definition) is 1. The molecule has 5 heteroatoms. The van der Waals surface area contributed by atoms with Crippen LogP contribution in [0.4, 0.5) is 0 Å². The Morgan fingerprint density at radius 2 is 2.35 bits per heavy atom. The van der Waals surface area contributed by atoms with E-state index in [1.165, 1.54) is 0 Å². The fourth-order valence-electron chi connectivity index (χ4n) is 1.38. The summed E-state index contributed by atoms with van der Waals surface area (Å²) in [6.07, 6.45) is 1.69. The molecule has 0 saturated carbocycles. The van der Waals surface area contributed by atoms with Crippen molar-refractivity contribution < 1.29 is 14.6 Å². The number of pyridine rings is 1. The molecule has 2 aromatic rings. The molecule has 0 amide bonds. The van der Waals surface area contributed by atoms with E-state index in [0.29, 0.717) is 5.75 Å². The number of hydrogen-bond acceptors (Lipinski definition) is 4. The summed E-state index contributed by atoms with van der Waals surface area (Å²) in [4.78, 5) is 15.3. The van der Waals surface area contributed by atoms with Crippen molar-refractivity contribution in [1.82, 2.24) is 4.98 Å². The molecule has 0 radical (unpaired) electrons. The first kappa shape index (κ1) is 11.6. The number of carboxylic acids is 1. The van der Waals surface area contributed by atoms with E-state index < -0.39 is 5.97 Å². The van der Waals surface area contributed by atoms with E-state index in [1.54, 1.807) is 17.6 Å². The Hall–Kier alpha value is -1.88. The highest BCUT2D eigenvalue weighted by atomic mass is 32.1. The number of aryl methyl sites for hydroxylation is 1. The molecule has 0 aliphatic carbocycles. The minimum Gasteiger partial charge on any atom is -0.485 e. The fourth-order valence-corrected chi connectivity index (χ4v) is 2.05. The van der Waals surface area contributed by atoms with E-state index in [4.69, 9.17) is 9.84 Å². The topological polar surface area (TPSA) is 59.4 Å². The summed E-state index contributed by atoms with van der Waals surface area (Å²) in [6.45, 7) is 2.22. The maximum Gasteiger partial charge on any atom is 0.349 e. The lowest BCUT2D eigenvalue weighted by Gasteiger charge is -2.06. The molecule has 0 aliphatic heterocycles. The summed E-state index contributed by atoms with van der Waals surface area (Å²) >= 11 is 1.15. The van der Waals surface area contributed by atoms with E-state index in [2.05, 4.69) is 4.98 Å². The Morgan fingerprint density at radius 1 is 1.53 bits per heavy atom. The monoisotopic (exact) mass is 249 g/mol. The van der Waals surface area contributed by atoms with Gasteiger partial charge < -0.3 is 9.84 Å². The predicted molar refractivity (Wildman–Crippen MR) is 64.6 cm³/mol. The average molecular weight is 249 g/mol. The Bertz CT molecular complexity index is 536. The lowest BCUT2D eigenvalue weighted by atomic mass is 10.2. The van der Waals surface area contributed by atoms with Crippen LogP contribution in [0.5, 0.6) is 5.75 Å². The highest BCUT2D eigenvalue weighted by Crippen LogP contribution is 2.25. The normalized spacial score (nSPS) is 10.2. The minimum atomic E-state index is -0.965. The van der Waals surface area contributed by atoms with Gasteiger partial charge in [0.2, 0.25) is 0 Å². The standard InChI is InChI=1S/C12H11NO3S/c1-8-3-2-5-13-9(8)7-16-10-4-6-17-11(10)12(14)15/h2-6H,7H2,1H3,(H,14,15). The maximum atomic E-state index is 10.9. The number of carbonyl (C=O) groups is 1. The van der Waals surface area contributed by atoms with Gasteiger partial charge in [-0.3, -0.25) is 4.98 Å². The summed E-state index contributed by atoms with van der Waals surface area (Å²) in [5, 5.41) is 10.6. The first-order valence-corrected chi connectivity index (χ1v) is 5.90. The van der Waals surface area contributed by atoms with Gasteiger partial charge in [-0.15, -0.1) is 11.3 Å². The zero-order valence-corrected chi connectivity index (χ0v) is 10.0. The number of rotatable bonds is 4. The van der Waals surface area contributed by atoms with Crippen molar-refractivity contribution in [1.29, 1.82) is 0 Å². The molecule has 0 spiro atoms. The molecule has 0 bridgehead atoms. The van der Waals surface area contributed by atoms with Crippen molar-refractivity contribution in [2.45, 2.75) is 13.5 Å². The van der Waals surface area contributed by atoms with E-state index in [1.807, 2.05) is 19.1 Å². The molecule has 88 valence electrons. The summed E-state index contributed by atoms with van der Waals surface area (Å²) < 4.78 is 5.47. The van der Waals surface area contributed by atoms with Crippen molar-refractivity contribution in [3.8, 4) is 5.75 Å². The minimum absolute atomic E-state index is 0.221. The van der Waals surface area contributed by atoms with Gasteiger partial charge in [-0.25, -0.2) is 4.79 Å². The second-order valence-electron chi connectivity index (χ2n) is 3.47. The molecule has 0 fully saturated rings. The van der Waals surface area contributed by atoms with Crippen molar-refractivity contribution in [3.63, 3.8) is 0 Å². The van der Waals surface area contributed by atoms with Gasteiger partial charge in [0, 0.05) is 6.20 Å². The summed E-state index contributed by atoms with van der Waals surface area (Å²) in [5.74, 6) is -0.569. The molecule has 0 atom stereocenters. The van der Waals surface area contributed by atoms with Crippen molar-refractivity contribution in [2.24, 2.45) is 0 Å². The number of carboxylic acid groups (broad SMARTS) is 1. The van der Waals surface area contributed by atoms with Gasteiger partial charge in [-0.1, -0.05) is 6.07 Å². The quantitative estimate of drug-likeness (QED) is 0.905. The molecule has 17 heavy (non-hydrogen) atoms. The van der Waals surface area contributed by atoms with Gasteiger partial charge in [-0.05, 0) is 30.0 Å². The zero-order chi connectivity index (χ0) is 12.3. The molecular formula is C12H11NO3S. The molecule has 0 saturated heterocycles. The van der Waals surface area contributed by atoms with Crippen LogP contribution in [0.1, 0.15) is 20.9 Å². The van der Waals surface area contributed by atoms with Crippen LogP contribution < -0.4 is 4.74 Å². The third kappa shape index (κ3) is 2.62. The van der Waals surface area contributed by atoms with E-state index in [0.717, 1.165) is 22.6 Å². The number of nitrogens with zero attached hydrogens (tertiary/aromatic N) is 1. The SMILES string of the molecule is Cc1cccnc1COc1ccsc1C(=O)O. The Balaban J connectivity index is 2.10. The number of ether oxygens (including phenoxy) is 1. The number of aromatic carboxylic acids is 1. The summed E-state index contributed by atoms with van der Waals surface area (Å²) in [5.41, 5.74) is 1.84. The van der Waals surface area contributed by atoms with Gasteiger partial charge in [-0.2, -0.15) is 0 Å². The highest BCUT2D eigenvalue weighted by Gasteiger charge is 2.13. The van der Waals surface area contributed by atoms with Crippen LogP contribution in [0.15, 0.2) is 29.8 Å². The Labute approximate surface area is 103 Å². The van der Waals surface area contributed by atoms with Crippen LogP contribution in [-0.2, 0) is 6.61 Å². The van der Waals surface area contributed by atoms with E-state index >= 15 is 0 Å². The van der Waals surface area contributed by atoms with Crippen molar-refractivity contribution in [2.75, 3.05) is 0 Å². The second-order valence-corrected chi connectivity index (χ2v) is 4.39. The van der Waals surface area contributed by atoms with Gasteiger partial charge >= 0.3 is 5.97 Å². The smallest absolute Gasteiger partial charge is 0.349 e. The van der Waals surface area contributed by atoms with Crippen LogP contribution in [0.2, 0.25) is 0 Å². The lowest BCUT2D eigenvalue weighted by molar-refractivity contribution is 0.0697. The molecular weight excluding hydrogens is 238 g/mol. The summed E-state index contributed by atoms with van der Waals surface area (Å²) in [6, 6.07) is 5.45. The third-order valence-corrected chi connectivity index (χ3v) is 3.19. The van der Waals surface area contributed by atoms with E-state index in [9.17, 15) is 4.79 Å². The fraction of sp³-hybridized carbons (Fsp3) is 0.167. The summed E-state index contributed by atoms with van der Waals surface area (Å²) in [7, 11) is 0. The highest BCUT2D eigenvalue weighted by molar-refractivity contribution is 7.12. The van der Waals surface area contributed by atoms with E-state index in [-0.39, 0.29) is 11.5 Å². The van der Waals surface area contributed by atoms with Crippen LogP contribution in [0, 0.1) is 6.92 Å². The maximum absolute atomic E-state index is 10.9. The zero-order valence-electron chi connectivity index (χ0n) is 9.21. The first-order chi connectivity index (χ1) is 8.18. The average Bonchev–Trinajstić information content (AvgIpc) is 2.76. The predicted octanol–water partition coefficient (Wildman–Crippen LogP) is 2.73. The molecule has 2 aromatic heterocycles. The second kappa shape index (κ2) is 4.97. The molecule has 0 aromatic carbocycles. The molecule has 2 rings (SSSR count). The van der Waals surface area contributed by atoms with Gasteiger partial charge in [0.1, 0.15) is 12.4 Å². The molecule has 4 nitrogen and oxygen atoms in total. The van der Waals surface area contributed by atoms with Gasteiger partial charge in [0.05, 0.1) is 5.69 Å². The van der Waals surface area contributed by atoms with Gasteiger partial charge in [0.25, 0.3) is 0 Å². The molecule has 0 unspecified atom stereocenters. The van der Waals surface area contributed by atoms with Crippen molar-refractivity contribution in [3.05, 3.63) is 45.9 Å². The molecule has 2 heterocycles. The molecule has 0 aliphatic rings. The lowest BCUT2D eigenvalue weighted by Crippen LogP contribution is -2.03. The number of thiophene rings is 1. The van der Waals surface area contributed by atoms with Crippen LogP contribution in [0.25, 0.3) is 0 Å². The Kier molecular flexibility index (Phi) is 3.39. The van der Waals surface area contributed by atoms with Crippen LogP contribution in [-0.4, -0.2) is 16.1 Å².